The molecule has 3 amide bonds. The number of carboxylic acid groups (broad SMARTS) is 1. The molecule has 0 aliphatic carbocycles. The molecule has 0 aromatic heterocycles. The molecule has 13 heteroatoms. The molecule has 13 nitrogen and oxygen atoms in total. The van der Waals surface area contributed by atoms with Crippen molar-refractivity contribution in [2.45, 2.75) is 124 Å². The molecule has 0 rings (SSSR count). The Morgan fingerprint density at radius 2 is 1.21 bits per heavy atom. The summed E-state index contributed by atoms with van der Waals surface area (Å²) in [6.07, 6.45) is 0.0373. The van der Waals surface area contributed by atoms with Crippen LogP contribution in [0.15, 0.2) is 0 Å². The van der Waals surface area contributed by atoms with E-state index in [-0.39, 0.29) is 32.2 Å². The van der Waals surface area contributed by atoms with E-state index in [1.807, 2.05) is 0 Å². The van der Waals surface area contributed by atoms with Crippen LogP contribution in [0.4, 0.5) is 19.2 Å². The zero-order chi connectivity index (χ0) is 32.6. The van der Waals surface area contributed by atoms with Crippen molar-refractivity contribution in [2.75, 3.05) is 32.8 Å². The summed E-state index contributed by atoms with van der Waals surface area (Å²) < 4.78 is 20.8. The first-order chi connectivity index (χ1) is 19.2. The van der Waals surface area contributed by atoms with Gasteiger partial charge in [0, 0.05) is 32.1 Å². The maximum absolute atomic E-state index is 12.9. The summed E-state index contributed by atoms with van der Waals surface area (Å²) in [5.74, 6) is -0.307. The Hall–Kier alpha value is -2.96. The van der Waals surface area contributed by atoms with Gasteiger partial charge in [-0.3, -0.25) is 0 Å². The molecule has 0 aliphatic heterocycles. The van der Waals surface area contributed by atoms with Gasteiger partial charge in [-0.2, -0.15) is 0 Å². The molecule has 2 unspecified atom stereocenters. The van der Waals surface area contributed by atoms with E-state index in [0.29, 0.717) is 25.8 Å². The lowest BCUT2D eigenvalue weighted by atomic mass is 9.99. The van der Waals surface area contributed by atoms with Crippen LogP contribution in [0.3, 0.4) is 0 Å². The Balaban J connectivity index is 4.90. The molecule has 0 bridgehead atoms. The fourth-order valence-corrected chi connectivity index (χ4v) is 3.71. The predicted molar refractivity (Wildman–Crippen MR) is 157 cm³/mol. The number of unbranched alkanes of at least 4 members (excludes halogenated alkanes) is 2. The van der Waals surface area contributed by atoms with Gasteiger partial charge in [-0.1, -0.05) is 19.3 Å². The lowest BCUT2D eigenvalue weighted by molar-refractivity contribution is 0.0163. The van der Waals surface area contributed by atoms with E-state index in [9.17, 15) is 24.3 Å². The summed E-state index contributed by atoms with van der Waals surface area (Å²) in [6.45, 7) is 16.4. The maximum atomic E-state index is 12.9. The summed E-state index contributed by atoms with van der Waals surface area (Å²) in [7, 11) is 0. The summed E-state index contributed by atoms with van der Waals surface area (Å²) in [5.41, 5.74) is -2.00. The fraction of sp³-hybridized carbons (Fsp3) is 0.862. The third-order valence-corrected chi connectivity index (χ3v) is 5.42. The highest BCUT2D eigenvalue weighted by molar-refractivity contribution is 5.69. The molecule has 42 heavy (non-hydrogen) atoms. The van der Waals surface area contributed by atoms with Gasteiger partial charge in [0.15, 0.2) is 0 Å². The van der Waals surface area contributed by atoms with Crippen molar-refractivity contribution >= 4 is 24.4 Å². The number of aliphatic hydroxyl groups is 1. The minimum absolute atomic E-state index is 0.104. The van der Waals surface area contributed by atoms with Crippen molar-refractivity contribution in [1.82, 2.24) is 15.5 Å². The highest BCUT2D eigenvalue weighted by Gasteiger charge is 2.26. The minimum Gasteiger partial charge on any atom is -0.450 e. The molecule has 0 aromatic carbocycles. The average Bonchev–Trinajstić information content (AvgIpc) is 2.77. The first-order valence-corrected chi connectivity index (χ1v) is 14.6. The third-order valence-electron chi connectivity index (χ3n) is 5.42. The van der Waals surface area contributed by atoms with E-state index in [4.69, 9.17) is 24.1 Å². The van der Waals surface area contributed by atoms with E-state index >= 15 is 0 Å². The second kappa shape index (κ2) is 18.6. The van der Waals surface area contributed by atoms with Gasteiger partial charge < -0.3 is 44.7 Å². The Kier molecular flexibility index (Phi) is 17.2. The Bertz CT molecular complexity index is 831. The normalized spacial score (nSPS) is 13.4. The van der Waals surface area contributed by atoms with E-state index in [1.165, 1.54) is 4.90 Å². The van der Waals surface area contributed by atoms with Gasteiger partial charge in [0.2, 0.25) is 0 Å². The number of carbonyl (C=O) groups excluding carboxylic acids is 3. The number of aliphatic hydroxyl groups excluding tert-OH is 1. The van der Waals surface area contributed by atoms with Crippen LogP contribution in [0.5, 0.6) is 0 Å². The van der Waals surface area contributed by atoms with Crippen molar-refractivity contribution in [2.24, 2.45) is 5.92 Å². The van der Waals surface area contributed by atoms with Gasteiger partial charge in [0.25, 0.3) is 0 Å². The van der Waals surface area contributed by atoms with Gasteiger partial charge in [0.05, 0.1) is 12.7 Å². The maximum Gasteiger partial charge on any atom is 0.505 e. The standard InChI is InChI=1S/C29H55N3O10/c1-27(2,3)40-23(34)30-16-15-22(33)14-12-10-11-13-21(20-39-26(37)38)19-32(25(36)42-29(7,8)9)18-17-31-24(35)41-28(4,5)6/h21-22,33H,10-20H2,1-9H3,(H,30,34)(H,31,35)(H,37,38). The Labute approximate surface area is 251 Å². The second-order valence-electron chi connectivity index (χ2n) is 13.3. The van der Waals surface area contributed by atoms with Crippen LogP contribution in [-0.2, 0) is 18.9 Å². The van der Waals surface area contributed by atoms with Gasteiger partial charge in [-0.25, -0.2) is 19.2 Å². The van der Waals surface area contributed by atoms with Gasteiger partial charge >= 0.3 is 24.4 Å². The van der Waals surface area contributed by atoms with Crippen LogP contribution in [0.2, 0.25) is 0 Å². The number of nitrogens with one attached hydrogen (secondary N) is 2. The van der Waals surface area contributed by atoms with E-state index in [1.54, 1.807) is 62.3 Å². The van der Waals surface area contributed by atoms with E-state index in [2.05, 4.69) is 10.6 Å². The first kappa shape index (κ1) is 39.0. The number of amides is 3. The number of rotatable bonds is 16. The molecule has 0 radical (unpaired) electrons. The van der Waals surface area contributed by atoms with Gasteiger partial charge in [0.1, 0.15) is 16.8 Å². The van der Waals surface area contributed by atoms with Crippen LogP contribution in [0.1, 0.15) is 101 Å². The summed E-state index contributed by atoms with van der Waals surface area (Å²) in [4.78, 5) is 49.2. The average molecular weight is 606 g/mol. The predicted octanol–water partition coefficient (Wildman–Crippen LogP) is 5.29. The highest BCUT2D eigenvalue weighted by Crippen LogP contribution is 2.17. The molecular formula is C29H55N3O10. The summed E-state index contributed by atoms with van der Waals surface area (Å²) in [6, 6.07) is 0. The third kappa shape index (κ3) is 23.7. The monoisotopic (exact) mass is 605 g/mol. The molecule has 2 atom stereocenters. The summed E-state index contributed by atoms with van der Waals surface area (Å²) in [5, 5.41) is 24.5. The Morgan fingerprint density at radius 1 is 0.714 bits per heavy atom. The quantitative estimate of drug-likeness (QED) is 0.103. The largest absolute Gasteiger partial charge is 0.505 e. The van der Waals surface area contributed by atoms with E-state index in [0.717, 1.165) is 19.3 Å². The molecule has 246 valence electrons. The lowest BCUT2D eigenvalue weighted by Crippen LogP contribution is -2.45. The molecule has 0 heterocycles. The number of ether oxygens (including phenoxy) is 4. The van der Waals surface area contributed by atoms with Crippen LogP contribution in [0.25, 0.3) is 0 Å². The molecule has 0 aromatic rings. The number of nitrogens with zero attached hydrogens (tertiary/aromatic N) is 1. The smallest absolute Gasteiger partial charge is 0.450 e. The molecule has 0 saturated carbocycles. The molecule has 4 N–H and O–H groups in total. The number of carbonyl (C=O) groups is 4. The number of hydrogen-bond acceptors (Lipinski definition) is 9. The zero-order valence-corrected chi connectivity index (χ0v) is 27.0. The van der Waals surface area contributed by atoms with Crippen molar-refractivity contribution < 1.29 is 48.3 Å². The molecular weight excluding hydrogens is 550 g/mol. The molecule has 0 aliphatic rings. The van der Waals surface area contributed by atoms with Gasteiger partial charge in [-0.15, -0.1) is 0 Å². The van der Waals surface area contributed by atoms with Crippen LogP contribution in [0, 0.1) is 5.92 Å². The van der Waals surface area contributed by atoms with Crippen molar-refractivity contribution in [3.8, 4) is 0 Å². The van der Waals surface area contributed by atoms with Crippen LogP contribution in [-0.4, -0.2) is 95.2 Å². The van der Waals surface area contributed by atoms with Crippen molar-refractivity contribution in [3.05, 3.63) is 0 Å². The van der Waals surface area contributed by atoms with E-state index < -0.39 is 47.3 Å². The van der Waals surface area contributed by atoms with Crippen LogP contribution < -0.4 is 10.6 Å². The second-order valence-corrected chi connectivity index (χ2v) is 13.3. The molecule has 0 fully saturated rings. The molecule has 0 spiro atoms. The van der Waals surface area contributed by atoms with Crippen LogP contribution >= 0.6 is 0 Å². The highest BCUT2D eigenvalue weighted by atomic mass is 16.7. The minimum atomic E-state index is -1.40. The number of alkyl carbamates (subject to hydrolysis) is 2. The SMILES string of the molecule is CC(C)(C)OC(=O)NCCC(O)CCCCCC(COC(=O)O)CN(CCNC(=O)OC(C)(C)C)C(=O)OC(C)(C)C. The van der Waals surface area contributed by atoms with Crippen molar-refractivity contribution in [1.29, 1.82) is 0 Å². The Morgan fingerprint density at radius 3 is 1.71 bits per heavy atom. The summed E-state index contributed by atoms with van der Waals surface area (Å²) >= 11 is 0. The van der Waals surface area contributed by atoms with Gasteiger partial charge in [-0.05, 0) is 81.6 Å². The zero-order valence-electron chi connectivity index (χ0n) is 27.0. The molecule has 0 saturated heterocycles. The topological polar surface area (TPSA) is 173 Å². The lowest BCUT2D eigenvalue weighted by Gasteiger charge is -2.30. The fourth-order valence-electron chi connectivity index (χ4n) is 3.71. The van der Waals surface area contributed by atoms with Crippen molar-refractivity contribution in [3.63, 3.8) is 0 Å². The first-order valence-electron chi connectivity index (χ1n) is 14.6. The number of hydrogen-bond donors (Lipinski definition) is 4.